The van der Waals surface area contributed by atoms with E-state index in [9.17, 15) is 8.42 Å². The molecular weight excluding hydrogens is 346 g/mol. The number of aryl methyl sites for hydroxylation is 1. The third kappa shape index (κ3) is 5.03. The molecule has 3 rings (SSSR count). The zero-order chi connectivity index (χ0) is 17.0. The van der Waals surface area contributed by atoms with Gasteiger partial charge >= 0.3 is 0 Å². The second-order valence-corrected chi connectivity index (χ2v) is 9.17. The van der Waals surface area contributed by atoms with Gasteiger partial charge < -0.3 is 9.47 Å². The summed E-state index contributed by atoms with van der Waals surface area (Å²) >= 11 is 1.43. The molecule has 0 N–H and O–H groups in total. The second kappa shape index (κ2) is 7.63. The molecule has 5 nitrogen and oxygen atoms in total. The first kappa shape index (κ1) is 17.4. The van der Waals surface area contributed by atoms with Gasteiger partial charge in [0.25, 0.3) is 0 Å². The van der Waals surface area contributed by atoms with Crippen LogP contribution in [0.3, 0.4) is 0 Å². The molecule has 1 saturated heterocycles. The third-order valence-corrected chi connectivity index (χ3v) is 6.45. The van der Waals surface area contributed by atoms with E-state index >= 15 is 0 Å². The van der Waals surface area contributed by atoms with E-state index in [0.717, 1.165) is 17.2 Å². The maximum atomic E-state index is 12.3. The van der Waals surface area contributed by atoms with Gasteiger partial charge in [0.05, 0.1) is 23.8 Å². The van der Waals surface area contributed by atoms with Crippen LogP contribution in [0.25, 0.3) is 0 Å². The molecule has 7 heteroatoms. The minimum atomic E-state index is -3.15. The molecule has 0 unspecified atom stereocenters. The van der Waals surface area contributed by atoms with Crippen molar-refractivity contribution in [3.8, 4) is 5.75 Å². The fourth-order valence-corrected chi connectivity index (χ4v) is 5.13. The topological polar surface area (TPSA) is 65.5 Å². The molecule has 0 bridgehead atoms. The zero-order valence-corrected chi connectivity index (χ0v) is 15.2. The summed E-state index contributed by atoms with van der Waals surface area (Å²) in [6, 6.07) is 7.81. The predicted octanol–water partition coefficient (Wildman–Crippen LogP) is 2.98. The van der Waals surface area contributed by atoms with Crippen LogP contribution < -0.4 is 4.74 Å². The Morgan fingerprint density at radius 2 is 2.12 bits per heavy atom. The average Bonchev–Trinajstić information content (AvgIpc) is 3.18. The number of ether oxygens (including phenoxy) is 2. The van der Waals surface area contributed by atoms with E-state index in [-0.39, 0.29) is 17.4 Å². The summed E-state index contributed by atoms with van der Waals surface area (Å²) in [6.07, 6.45) is 0.825. The van der Waals surface area contributed by atoms with Crippen LogP contribution in [0.2, 0.25) is 0 Å². The molecule has 2 heterocycles. The zero-order valence-electron chi connectivity index (χ0n) is 13.6. The number of thiazole rings is 1. The van der Waals surface area contributed by atoms with Crippen molar-refractivity contribution in [3.05, 3.63) is 45.9 Å². The van der Waals surface area contributed by atoms with Gasteiger partial charge in [-0.3, -0.25) is 0 Å². The highest BCUT2D eigenvalue weighted by atomic mass is 32.2. The Bertz CT molecular complexity index is 762. The van der Waals surface area contributed by atoms with Crippen LogP contribution in [-0.2, 0) is 26.9 Å². The lowest BCUT2D eigenvalue weighted by molar-refractivity contribution is 0.188. The average molecular weight is 367 g/mol. The summed E-state index contributed by atoms with van der Waals surface area (Å²) in [5.74, 6) is 1.08. The number of rotatable bonds is 7. The first-order valence-electron chi connectivity index (χ1n) is 7.91. The van der Waals surface area contributed by atoms with E-state index in [2.05, 4.69) is 4.98 Å². The quantitative estimate of drug-likeness (QED) is 0.753. The number of nitrogens with zero attached hydrogens (tertiary/aromatic N) is 1. The molecule has 0 saturated carbocycles. The lowest BCUT2D eigenvalue weighted by Crippen LogP contribution is -2.18. The molecule has 0 spiro atoms. The van der Waals surface area contributed by atoms with Crippen molar-refractivity contribution >= 4 is 21.2 Å². The summed E-state index contributed by atoms with van der Waals surface area (Å²) in [7, 11) is -3.15. The summed E-state index contributed by atoms with van der Waals surface area (Å²) in [6.45, 7) is 3.59. The fourth-order valence-electron chi connectivity index (χ4n) is 2.62. The Labute approximate surface area is 146 Å². The van der Waals surface area contributed by atoms with Gasteiger partial charge in [-0.05, 0) is 31.4 Å². The molecule has 1 aliphatic heterocycles. The van der Waals surface area contributed by atoms with Crippen molar-refractivity contribution < 1.29 is 17.9 Å². The minimum Gasteiger partial charge on any atom is -0.486 e. The third-order valence-electron chi connectivity index (χ3n) is 3.86. The Balaban J connectivity index is 1.53. The highest BCUT2D eigenvalue weighted by Gasteiger charge is 2.24. The van der Waals surface area contributed by atoms with Crippen LogP contribution >= 0.6 is 11.3 Å². The van der Waals surface area contributed by atoms with Crippen LogP contribution in [0.5, 0.6) is 5.75 Å². The Morgan fingerprint density at radius 1 is 1.33 bits per heavy atom. The van der Waals surface area contributed by atoms with Crippen molar-refractivity contribution in [2.24, 2.45) is 5.92 Å². The molecule has 1 atom stereocenters. The number of hydrogen-bond acceptors (Lipinski definition) is 6. The number of hydrogen-bond donors (Lipinski definition) is 0. The largest absolute Gasteiger partial charge is 0.486 e. The summed E-state index contributed by atoms with van der Waals surface area (Å²) in [4.78, 5) is 4.39. The van der Waals surface area contributed by atoms with E-state index in [1.165, 1.54) is 16.9 Å². The molecule has 1 fully saturated rings. The highest BCUT2D eigenvalue weighted by molar-refractivity contribution is 7.90. The van der Waals surface area contributed by atoms with Crippen LogP contribution in [0.1, 0.15) is 22.7 Å². The number of benzene rings is 1. The molecule has 1 aromatic carbocycles. The van der Waals surface area contributed by atoms with Crippen LogP contribution in [0.4, 0.5) is 0 Å². The Hall–Kier alpha value is -1.44. The van der Waals surface area contributed by atoms with Gasteiger partial charge in [0.1, 0.15) is 17.4 Å². The molecular formula is C17H21NO4S2. The van der Waals surface area contributed by atoms with Crippen LogP contribution in [0, 0.1) is 12.8 Å². The Morgan fingerprint density at radius 3 is 2.83 bits per heavy atom. The van der Waals surface area contributed by atoms with Gasteiger partial charge in [0.2, 0.25) is 0 Å². The molecule has 0 radical (unpaired) electrons. The molecule has 0 amide bonds. The Kier molecular flexibility index (Phi) is 5.53. The highest BCUT2D eigenvalue weighted by Crippen LogP contribution is 2.20. The van der Waals surface area contributed by atoms with Gasteiger partial charge in [0, 0.05) is 12.0 Å². The normalized spacial score (nSPS) is 18.0. The smallest absolute Gasteiger partial charge is 0.156 e. The van der Waals surface area contributed by atoms with E-state index < -0.39 is 9.84 Å². The summed E-state index contributed by atoms with van der Waals surface area (Å²) in [5, 5.41) is 2.58. The molecule has 24 heavy (non-hydrogen) atoms. The molecule has 2 aromatic rings. The van der Waals surface area contributed by atoms with E-state index in [0.29, 0.717) is 25.5 Å². The van der Waals surface area contributed by atoms with Gasteiger partial charge in [-0.25, -0.2) is 13.4 Å². The minimum absolute atomic E-state index is 0.00939. The van der Waals surface area contributed by atoms with Crippen molar-refractivity contribution in [1.82, 2.24) is 4.98 Å². The lowest BCUT2D eigenvalue weighted by Gasteiger charge is -2.07. The van der Waals surface area contributed by atoms with Crippen LogP contribution in [0.15, 0.2) is 29.6 Å². The van der Waals surface area contributed by atoms with Gasteiger partial charge in [-0.15, -0.1) is 11.3 Å². The first-order chi connectivity index (χ1) is 11.5. The predicted molar refractivity (Wildman–Crippen MR) is 94.0 cm³/mol. The molecule has 130 valence electrons. The molecule has 1 aromatic heterocycles. The first-order valence-corrected chi connectivity index (χ1v) is 10.6. The van der Waals surface area contributed by atoms with Crippen molar-refractivity contribution in [2.75, 3.05) is 19.0 Å². The number of aromatic nitrogens is 1. The van der Waals surface area contributed by atoms with Gasteiger partial charge in [0.15, 0.2) is 9.84 Å². The second-order valence-electron chi connectivity index (χ2n) is 6.12. The SMILES string of the molecule is Cc1ccc(OCc2nc(CS(=O)(=O)C[C@H]3CCOC3)cs2)cc1. The monoisotopic (exact) mass is 367 g/mol. The maximum Gasteiger partial charge on any atom is 0.156 e. The van der Waals surface area contributed by atoms with E-state index in [4.69, 9.17) is 9.47 Å². The fraction of sp³-hybridized carbons (Fsp3) is 0.471. The summed E-state index contributed by atoms with van der Waals surface area (Å²) in [5.41, 5.74) is 1.78. The van der Waals surface area contributed by atoms with Crippen molar-refractivity contribution in [2.45, 2.75) is 25.7 Å². The molecule has 1 aliphatic rings. The van der Waals surface area contributed by atoms with Gasteiger partial charge in [-0.1, -0.05) is 17.7 Å². The van der Waals surface area contributed by atoms with Crippen molar-refractivity contribution in [3.63, 3.8) is 0 Å². The van der Waals surface area contributed by atoms with Crippen molar-refractivity contribution in [1.29, 1.82) is 0 Å². The van der Waals surface area contributed by atoms with Crippen LogP contribution in [-0.4, -0.2) is 32.4 Å². The number of sulfone groups is 1. The lowest BCUT2D eigenvalue weighted by atomic mass is 10.2. The molecule has 0 aliphatic carbocycles. The standard InChI is InChI=1S/C17H21NO4S2/c1-13-2-4-16(5-3-13)22-9-17-18-15(10-23-17)12-24(19,20)11-14-6-7-21-8-14/h2-5,10,14H,6-9,11-12H2,1H3/t14-/m0/s1. The maximum absolute atomic E-state index is 12.3. The van der Waals surface area contributed by atoms with Gasteiger partial charge in [-0.2, -0.15) is 0 Å². The van der Waals surface area contributed by atoms with E-state index in [1.54, 1.807) is 5.38 Å². The van der Waals surface area contributed by atoms with E-state index in [1.807, 2.05) is 31.2 Å². The summed E-state index contributed by atoms with van der Waals surface area (Å²) < 4.78 is 35.4.